The van der Waals surface area contributed by atoms with Crippen LogP contribution in [0.1, 0.15) is 32.8 Å². The molecule has 0 aliphatic heterocycles. The molecular formula is C15H18ClN3O3. The van der Waals surface area contributed by atoms with E-state index in [4.69, 9.17) is 21.6 Å². The number of rotatable bonds is 4. The zero-order valence-electron chi connectivity index (χ0n) is 12.7. The lowest BCUT2D eigenvalue weighted by Gasteiger charge is -2.19. The Hall–Kier alpha value is -2.26. The number of amides is 2. The lowest BCUT2D eigenvalue weighted by molar-refractivity contribution is -0.116. The zero-order valence-corrected chi connectivity index (χ0v) is 13.5. The molecule has 0 heterocycles. The molecule has 0 atom stereocenters. The maximum Gasteiger partial charge on any atom is 0.407 e. The van der Waals surface area contributed by atoms with E-state index in [2.05, 4.69) is 10.6 Å². The summed E-state index contributed by atoms with van der Waals surface area (Å²) in [5, 5.41) is 14.3. The largest absolute Gasteiger partial charge is 0.444 e. The number of carbonyl (C=O) groups excluding carboxylic acids is 2. The minimum atomic E-state index is -0.583. The molecule has 0 fully saturated rings. The smallest absolute Gasteiger partial charge is 0.407 e. The van der Waals surface area contributed by atoms with Crippen LogP contribution in [0, 0.1) is 11.3 Å². The van der Waals surface area contributed by atoms with Crippen LogP contribution >= 0.6 is 11.6 Å². The van der Waals surface area contributed by atoms with Gasteiger partial charge in [-0.3, -0.25) is 4.79 Å². The summed E-state index contributed by atoms with van der Waals surface area (Å²) in [5.41, 5.74) is 0.210. The van der Waals surface area contributed by atoms with E-state index in [-0.39, 0.29) is 18.9 Å². The van der Waals surface area contributed by atoms with Crippen molar-refractivity contribution < 1.29 is 14.3 Å². The van der Waals surface area contributed by atoms with Gasteiger partial charge in [0.05, 0.1) is 11.6 Å². The highest BCUT2D eigenvalue weighted by Gasteiger charge is 2.15. The molecule has 7 heteroatoms. The van der Waals surface area contributed by atoms with E-state index in [1.165, 1.54) is 12.1 Å². The van der Waals surface area contributed by atoms with Gasteiger partial charge in [-0.05, 0) is 39.0 Å². The molecule has 0 spiro atoms. The number of hydrogen-bond donors (Lipinski definition) is 2. The third kappa shape index (κ3) is 6.95. The quantitative estimate of drug-likeness (QED) is 0.890. The number of halogens is 1. The number of hydrogen-bond acceptors (Lipinski definition) is 4. The Balaban J connectivity index is 2.43. The van der Waals surface area contributed by atoms with Crippen LogP contribution in [0.2, 0.25) is 5.02 Å². The van der Waals surface area contributed by atoms with Gasteiger partial charge in [-0.1, -0.05) is 11.6 Å². The van der Waals surface area contributed by atoms with Gasteiger partial charge in [0.15, 0.2) is 0 Å². The van der Waals surface area contributed by atoms with Crippen molar-refractivity contribution in [2.24, 2.45) is 0 Å². The molecule has 118 valence electrons. The van der Waals surface area contributed by atoms with Crippen LogP contribution in [0.5, 0.6) is 0 Å². The fraction of sp³-hybridized carbons (Fsp3) is 0.400. The van der Waals surface area contributed by atoms with Crippen LogP contribution in [-0.4, -0.2) is 24.1 Å². The molecule has 0 unspecified atom stereocenters. The van der Waals surface area contributed by atoms with Crippen molar-refractivity contribution in [3.05, 3.63) is 28.8 Å². The standard InChI is InChI=1S/C15H18ClN3O3/c1-15(2,3)22-14(21)18-5-4-13(20)19-12-7-10(9-17)6-11(16)8-12/h6-8H,4-5H2,1-3H3,(H,18,21)(H,19,20). The van der Waals surface area contributed by atoms with E-state index in [0.29, 0.717) is 16.3 Å². The number of alkyl carbamates (subject to hydrolysis) is 1. The second-order valence-corrected chi connectivity index (χ2v) is 6.00. The predicted octanol–water partition coefficient (Wildman–Crippen LogP) is 3.06. The number of ether oxygens (including phenoxy) is 1. The summed E-state index contributed by atoms with van der Waals surface area (Å²) >= 11 is 5.84. The number of carbonyl (C=O) groups is 2. The van der Waals surface area contributed by atoms with Crippen LogP contribution in [0.4, 0.5) is 10.5 Å². The summed E-state index contributed by atoms with van der Waals surface area (Å²) < 4.78 is 5.05. The molecule has 0 saturated carbocycles. The Labute approximate surface area is 134 Å². The maximum atomic E-state index is 11.8. The predicted molar refractivity (Wildman–Crippen MR) is 83.7 cm³/mol. The highest BCUT2D eigenvalue weighted by Crippen LogP contribution is 2.18. The van der Waals surface area contributed by atoms with Crippen molar-refractivity contribution in [1.82, 2.24) is 5.32 Å². The van der Waals surface area contributed by atoms with Gasteiger partial charge in [0, 0.05) is 23.7 Å². The molecule has 0 radical (unpaired) electrons. The molecule has 22 heavy (non-hydrogen) atoms. The van der Waals surface area contributed by atoms with Gasteiger partial charge in [-0.25, -0.2) is 4.79 Å². The molecular weight excluding hydrogens is 306 g/mol. The molecule has 1 rings (SSSR count). The summed E-state index contributed by atoms with van der Waals surface area (Å²) in [6, 6.07) is 6.52. The molecule has 2 N–H and O–H groups in total. The van der Waals surface area contributed by atoms with Gasteiger partial charge in [-0.15, -0.1) is 0 Å². The molecule has 0 bridgehead atoms. The molecule has 2 amide bonds. The van der Waals surface area contributed by atoms with Crippen molar-refractivity contribution in [3.8, 4) is 6.07 Å². The number of anilines is 1. The van der Waals surface area contributed by atoms with E-state index in [1.54, 1.807) is 26.8 Å². The summed E-state index contributed by atoms with van der Waals surface area (Å²) in [6.45, 7) is 5.41. The zero-order chi connectivity index (χ0) is 16.8. The highest BCUT2D eigenvalue weighted by molar-refractivity contribution is 6.31. The van der Waals surface area contributed by atoms with Crippen LogP contribution in [0.25, 0.3) is 0 Å². The molecule has 0 aliphatic carbocycles. The molecule has 1 aromatic carbocycles. The fourth-order valence-corrected chi connectivity index (χ4v) is 1.78. The first-order valence-corrected chi connectivity index (χ1v) is 7.05. The molecule has 0 saturated heterocycles. The molecule has 0 aliphatic rings. The van der Waals surface area contributed by atoms with Gasteiger partial charge in [0.1, 0.15) is 5.60 Å². The number of nitrogens with one attached hydrogen (secondary N) is 2. The minimum absolute atomic E-state index is 0.0770. The lowest BCUT2D eigenvalue weighted by atomic mass is 10.2. The summed E-state index contributed by atoms with van der Waals surface area (Å²) in [4.78, 5) is 23.2. The Bertz CT molecular complexity index is 603. The number of nitriles is 1. The molecule has 6 nitrogen and oxygen atoms in total. The summed E-state index contributed by atoms with van der Waals surface area (Å²) in [5.74, 6) is -0.304. The van der Waals surface area contributed by atoms with Crippen molar-refractivity contribution in [2.45, 2.75) is 32.8 Å². The van der Waals surface area contributed by atoms with Crippen LogP contribution in [-0.2, 0) is 9.53 Å². The second kappa shape index (κ2) is 7.66. The Morgan fingerprint density at radius 1 is 1.32 bits per heavy atom. The van der Waals surface area contributed by atoms with Crippen molar-refractivity contribution >= 4 is 29.3 Å². The SMILES string of the molecule is CC(C)(C)OC(=O)NCCC(=O)Nc1cc(Cl)cc(C#N)c1. The van der Waals surface area contributed by atoms with Crippen molar-refractivity contribution in [1.29, 1.82) is 5.26 Å². The van der Waals surface area contributed by atoms with Crippen molar-refractivity contribution in [3.63, 3.8) is 0 Å². The first-order chi connectivity index (χ1) is 10.2. The van der Waals surface area contributed by atoms with Gasteiger partial charge in [0.2, 0.25) is 5.91 Å². The van der Waals surface area contributed by atoms with E-state index >= 15 is 0 Å². The summed E-state index contributed by atoms with van der Waals surface area (Å²) in [6.07, 6.45) is -0.497. The highest BCUT2D eigenvalue weighted by atomic mass is 35.5. The van der Waals surface area contributed by atoms with Crippen molar-refractivity contribution in [2.75, 3.05) is 11.9 Å². The van der Waals surface area contributed by atoms with Crippen LogP contribution in [0.3, 0.4) is 0 Å². The van der Waals surface area contributed by atoms with E-state index in [9.17, 15) is 9.59 Å². The Morgan fingerprint density at radius 2 is 2.00 bits per heavy atom. The van der Waals surface area contributed by atoms with Crippen LogP contribution in [0.15, 0.2) is 18.2 Å². The Morgan fingerprint density at radius 3 is 2.59 bits per heavy atom. The van der Waals surface area contributed by atoms with Gasteiger partial charge in [-0.2, -0.15) is 5.26 Å². The third-order valence-corrected chi connectivity index (χ3v) is 2.55. The maximum absolute atomic E-state index is 11.8. The van der Waals surface area contributed by atoms with Crippen LogP contribution < -0.4 is 10.6 Å². The van der Waals surface area contributed by atoms with Gasteiger partial charge >= 0.3 is 6.09 Å². The monoisotopic (exact) mass is 323 g/mol. The molecule has 1 aromatic rings. The molecule has 0 aromatic heterocycles. The van der Waals surface area contributed by atoms with Gasteiger partial charge in [0.25, 0.3) is 0 Å². The number of nitrogens with zero attached hydrogens (tertiary/aromatic N) is 1. The number of benzene rings is 1. The minimum Gasteiger partial charge on any atom is -0.444 e. The topological polar surface area (TPSA) is 91.2 Å². The normalized spacial score (nSPS) is 10.5. The summed E-state index contributed by atoms with van der Waals surface area (Å²) in [7, 11) is 0. The van der Waals surface area contributed by atoms with Gasteiger partial charge < -0.3 is 15.4 Å². The van der Waals surface area contributed by atoms with E-state index < -0.39 is 11.7 Å². The first-order valence-electron chi connectivity index (χ1n) is 6.67. The average molecular weight is 324 g/mol. The Kier molecular flexibility index (Phi) is 6.20. The first kappa shape index (κ1) is 17.8. The van der Waals surface area contributed by atoms with E-state index in [0.717, 1.165) is 0 Å². The lowest BCUT2D eigenvalue weighted by Crippen LogP contribution is -2.34. The third-order valence-electron chi connectivity index (χ3n) is 2.33. The second-order valence-electron chi connectivity index (χ2n) is 5.57. The average Bonchev–Trinajstić information content (AvgIpc) is 2.35. The van der Waals surface area contributed by atoms with E-state index in [1.807, 2.05) is 6.07 Å². The fourth-order valence-electron chi connectivity index (χ4n) is 1.54.